The third-order valence-corrected chi connectivity index (χ3v) is 28.5. The molecule has 0 radical (unpaired) electrons. The van der Waals surface area contributed by atoms with E-state index in [1.807, 2.05) is 66.0 Å². The number of hydrogen-bond donors (Lipinski definition) is 0. The summed E-state index contributed by atoms with van der Waals surface area (Å²) in [4.78, 5) is 36.7. The summed E-state index contributed by atoms with van der Waals surface area (Å²) in [6.07, 6.45) is 0. The lowest BCUT2D eigenvalue weighted by atomic mass is 9.67. The first-order chi connectivity index (χ1) is 63.4. The number of fused-ring (bicyclic) bond motifs is 24. The van der Waals surface area contributed by atoms with Crippen LogP contribution in [0.1, 0.15) is 44.5 Å². The number of hydrogen-bond acceptors (Lipinski definition) is 8. The first-order valence-electron chi connectivity index (χ1n) is 43.5. The molecule has 596 valence electrons. The van der Waals surface area contributed by atoms with E-state index in [1.165, 1.54) is 103 Å². The summed E-state index contributed by atoms with van der Waals surface area (Å²) in [5.74, 6) is 1.39. The Labute approximate surface area is 749 Å². The minimum Gasteiger partial charge on any atom is -0.247 e. The Hall–Kier alpha value is -15.8. The third-order valence-electron chi connectivity index (χ3n) is 26.3. The van der Waals surface area contributed by atoms with Crippen molar-refractivity contribution in [3.63, 3.8) is 0 Å². The minimum atomic E-state index is -0.482. The van der Waals surface area contributed by atoms with Crippen LogP contribution in [0.5, 0.6) is 0 Å². The van der Waals surface area contributed by atoms with Crippen LogP contribution in [0.2, 0.25) is 0 Å². The first-order valence-corrected chi connectivity index (χ1v) is 45.1. The van der Waals surface area contributed by atoms with Gasteiger partial charge in [-0.25, -0.2) is 29.9 Å². The zero-order chi connectivity index (χ0) is 84.4. The number of rotatable bonds is 10. The van der Waals surface area contributed by atoms with Crippen molar-refractivity contribution in [2.24, 2.45) is 0 Å². The fraction of sp³-hybridized carbons (Fsp3) is 0.0167. The van der Waals surface area contributed by atoms with Gasteiger partial charge in [0.1, 0.15) is 0 Å². The zero-order valence-electron chi connectivity index (χ0n) is 69.2. The molecule has 0 bridgehead atoms. The molecule has 128 heavy (non-hydrogen) atoms. The predicted molar refractivity (Wildman–Crippen MR) is 527 cm³/mol. The Balaban J connectivity index is 0.000000139. The van der Waals surface area contributed by atoms with E-state index in [4.69, 9.17) is 29.9 Å². The van der Waals surface area contributed by atoms with Gasteiger partial charge in [0, 0.05) is 85.6 Å². The molecule has 6 heterocycles. The molecule has 2 aliphatic heterocycles. The molecule has 0 amide bonds. The van der Waals surface area contributed by atoms with Crippen LogP contribution in [-0.4, -0.2) is 29.9 Å². The highest BCUT2D eigenvalue weighted by Gasteiger charge is 2.52. The SMILES string of the molecule is c1ccc(-c2cc(-c3ccc(-c4ccc5c(c4)nc(-c4ccccc4)c4cc6c(cc45)C4(c5ccccc5S6)c5ccccc5-c5ccccc54)cc3)nc(-c3ccccc3)n2)cc1.c1ccc(-c2cccc(-c3cc(-c4ccc5c(c4)nc(-c4ccccc4)c4cc6c(cc45)C4(c5ccccc5S6)c5ccccc5-c5ccccc54)nc(-c4ccccc4)n3)c2)cc1. The predicted octanol–water partition coefficient (Wildman–Crippen LogP) is 30.7. The van der Waals surface area contributed by atoms with Gasteiger partial charge in [0.15, 0.2) is 11.6 Å². The lowest BCUT2D eigenvalue weighted by Gasteiger charge is -2.40. The van der Waals surface area contributed by atoms with Crippen LogP contribution in [0.4, 0.5) is 0 Å². The van der Waals surface area contributed by atoms with Gasteiger partial charge in [-0.15, -0.1) is 0 Å². The molecule has 4 aromatic heterocycles. The van der Waals surface area contributed by atoms with Gasteiger partial charge in [-0.05, 0) is 167 Å². The second-order valence-electron chi connectivity index (χ2n) is 33.3. The molecule has 26 rings (SSSR count). The second kappa shape index (κ2) is 30.5. The Morgan fingerprint density at radius 2 is 0.445 bits per heavy atom. The summed E-state index contributed by atoms with van der Waals surface area (Å²) >= 11 is 3.75. The van der Waals surface area contributed by atoms with E-state index in [2.05, 4.69) is 406 Å². The van der Waals surface area contributed by atoms with E-state index < -0.39 is 10.8 Å². The second-order valence-corrected chi connectivity index (χ2v) is 35.5. The van der Waals surface area contributed by atoms with Crippen molar-refractivity contribution < 1.29 is 0 Å². The van der Waals surface area contributed by atoms with Gasteiger partial charge in [-0.2, -0.15) is 0 Å². The van der Waals surface area contributed by atoms with Crippen molar-refractivity contribution in [1.82, 2.24) is 29.9 Å². The van der Waals surface area contributed by atoms with Crippen LogP contribution < -0.4 is 0 Å². The molecule has 2 spiro atoms. The standard InChI is InChI=1S/2C60H37N3S/c1-4-17-38(18-5-1)41-23-16-24-42(33-41)53-37-54(63-59(62-53)40-21-8-3-9-22-40)43-31-32-46-47-35-52-57(36-48(47)58(61-55(46)34-43)39-19-6-2-7-20-39)64-56-30-15-14-29-51(56)60(52)49-27-12-10-25-44(49)45-26-11-13-28-50(45)60;1-4-16-39(17-5-1)53-37-54(63-59(62-53)42-20-8-3-9-21-42)40-30-28-38(29-31-40)43-32-33-46-47-35-52-57(36-48(47)58(61-55(46)34-43)41-18-6-2-7-19-41)64-56-27-15-14-26-51(56)60(52)49-24-12-10-22-44(49)45-23-11-13-25-50(45)60/h2*1-37H. The normalized spacial score (nSPS) is 13.1. The Bertz CT molecular complexity index is 8080. The van der Waals surface area contributed by atoms with Crippen LogP contribution in [-0.2, 0) is 10.8 Å². The smallest absolute Gasteiger partial charge is 0.160 e. The molecule has 18 aromatic carbocycles. The molecule has 0 unspecified atom stereocenters. The monoisotopic (exact) mass is 1660 g/mol. The number of benzene rings is 18. The maximum absolute atomic E-state index is 5.57. The maximum Gasteiger partial charge on any atom is 0.160 e. The lowest BCUT2D eigenvalue weighted by Crippen LogP contribution is -2.32. The highest BCUT2D eigenvalue weighted by atomic mass is 32.2. The molecule has 0 atom stereocenters. The summed E-state index contributed by atoms with van der Waals surface area (Å²) in [5.41, 5.74) is 35.0. The maximum atomic E-state index is 5.57. The molecule has 0 fully saturated rings. The van der Waals surface area contributed by atoms with Gasteiger partial charge in [0.2, 0.25) is 0 Å². The molecule has 6 nitrogen and oxygen atoms in total. The summed E-state index contributed by atoms with van der Waals surface area (Å²) in [7, 11) is 0. The summed E-state index contributed by atoms with van der Waals surface area (Å²) in [6, 6.07) is 162. The quantitative estimate of drug-likeness (QED) is 0.125. The van der Waals surface area contributed by atoms with Gasteiger partial charge in [-0.3, -0.25) is 0 Å². The number of pyridine rings is 2. The zero-order valence-corrected chi connectivity index (χ0v) is 70.9. The van der Waals surface area contributed by atoms with Crippen LogP contribution >= 0.6 is 23.5 Å². The largest absolute Gasteiger partial charge is 0.247 e. The third kappa shape index (κ3) is 12.2. The molecule has 8 heteroatoms. The van der Waals surface area contributed by atoms with E-state index in [-0.39, 0.29) is 0 Å². The number of nitrogens with zero attached hydrogens (tertiary/aromatic N) is 6. The van der Waals surface area contributed by atoms with E-state index in [0.717, 1.165) is 128 Å². The van der Waals surface area contributed by atoms with Crippen LogP contribution in [0.25, 0.3) is 178 Å². The molecular weight excluding hydrogens is 1590 g/mol. The molecule has 4 aliphatic rings. The fourth-order valence-electron chi connectivity index (χ4n) is 20.5. The van der Waals surface area contributed by atoms with E-state index >= 15 is 0 Å². The van der Waals surface area contributed by atoms with Crippen LogP contribution in [0.3, 0.4) is 0 Å². The summed E-state index contributed by atoms with van der Waals surface area (Å²) in [6.45, 7) is 0. The molecule has 2 aliphatic carbocycles. The van der Waals surface area contributed by atoms with Crippen molar-refractivity contribution >= 4 is 66.9 Å². The molecule has 0 N–H and O–H groups in total. The molecule has 0 saturated heterocycles. The Morgan fingerprint density at radius 1 is 0.156 bits per heavy atom. The van der Waals surface area contributed by atoms with E-state index in [9.17, 15) is 0 Å². The van der Waals surface area contributed by atoms with Gasteiger partial charge in [0.05, 0.1) is 56.0 Å². The molecule has 0 saturated carbocycles. The highest BCUT2D eigenvalue weighted by molar-refractivity contribution is 7.99. The van der Waals surface area contributed by atoms with Crippen molar-refractivity contribution in [2.75, 3.05) is 0 Å². The average molecular weight is 1660 g/mol. The number of aromatic nitrogens is 6. The topological polar surface area (TPSA) is 77.3 Å². The average Bonchev–Trinajstić information content (AvgIpc) is 1.49. The summed E-state index contributed by atoms with van der Waals surface area (Å²) < 4.78 is 0. The van der Waals surface area contributed by atoms with Gasteiger partial charge in [-0.1, -0.05) is 406 Å². The summed E-state index contributed by atoms with van der Waals surface area (Å²) in [5, 5.41) is 6.93. The lowest BCUT2D eigenvalue weighted by molar-refractivity contribution is 0.724. The van der Waals surface area contributed by atoms with E-state index in [1.54, 1.807) is 0 Å². The first kappa shape index (κ1) is 74.8. The highest BCUT2D eigenvalue weighted by Crippen LogP contribution is 2.65. The van der Waals surface area contributed by atoms with Crippen LogP contribution in [0, 0.1) is 0 Å². The van der Waals surface area contributed by atoms with Crippen molar-refractivity contribution in [3.8, 4) is 135 Å². The Kier molecular flexibility index (Phi) is 17.8. The van der Waals surface area contributed by atoms with E-state index in [0.29, 0.717) is 11.6 Å². The molecular formula is C120H74N6S2. The minimum absolute atomic E-state index is 0.462. The van der Waals surface area contributed by atoms with Gasteiger partial charge >= 0.3 is 0 Å². The van der Waals surface area contributed by atoms with Gasteiger partial charge in [0.25, 0.3) is 0 Å². The van der Waals surface area contributed by atoms with Crippen molar-refractivity contribution in [1.29, 1.82) is 0 Å². The fourth-order valence-corrected chi connectivity index (χ4v) is 23.0. The Morgan fingerprint density at radius 3 is 0.875 bits per heavy atom. The molecule has 22 aromatic rings. The van der Waals surface area contributed by atoms with Crippen molar-refractivity contribution in [2.45, 2.75) is 30.4 Å². The van der Waals surface area contributed by atoms with Gasteiger partial charge < -0.3 is 0 Å². The van der Waals surface area contributed by atoms with Crippen molar-refractivity contribution in [3.05, 3.63) is 493 Å². The van der Waals surface area contributed by atoms with Crippen LogP contribution in [0.15, 0.2) is 468 Å².